The highest BCUT2D eigenvalue weighted by Gasteiger charge is 2.61. The minimum absolute atomic E-state index is 0. The van der Waals surface area contributed by atoms with Gasteiger partial charge in [0.2, 0.25) is 0 Å². The summed E-state index contributed by atoms with van der Waals surface area (Å²) in [5, 5.41) is 0. The van der Waals surface area contributed by atoms with Crippen molar-refractivity contribution in [3.05, 3.63) is 0 Å². The summed E-state index contributed by atoms with van der Waals surface area (Å²) in [6.07, 6.45) is 10.3. The van der Waals surface area contributed by atoms with Gasteiger partial charge < -0.3 is 9.64 Å². The van der Waals surface area contributed by atoms with E-state index in [1.54, 1.807) is 19.3 Å². The lowest BCUT2D eigenvalue weighted by molar-refractivity contribution is -0.0670. The molecule has 116 valence electrons. The molecule has 20 heavy (non-hydrogen) atoms. The zero-order valence-corrected chi connectivity index (χ0v) is 13.8. The van der Waals surface area contributed by atoms with Crippen LogP contribution in [0.4, 0.5) is 0 Å². The van der Waals surface area contributed by atoms with Crippen molar-refractivity contribution in [2.45, 2.75) is 64.6 Å². The number of halogens is 1. The minimum atomic E-state index is 0. The van der Waals surface area contributed by atoms with E-state index in [2.05, 4.69) is 18.7 Å². The second kappa shape index (κ2) is 5.44. The molecular formula is C17H30ClNO. The quantitative estimate of drug-likeness (QED) is 0.719. The standard InChI is InChI=1S/C17H29NO.ClH/c1-3-18(4-2)11-15-16(19-15)17-8-12-5-13(9-17)7-14(6-12)10-17;/h12-16H,3-11H2,1-2H3;1H/t12?,13?,14?,15-,16+,17?;/m1./s1. The highest BCUT2D eigenvalue weighted by atomic mass is 35.5. The summed E-state index contributed by atoms with van der Waals surface area (Å²) in [5.41, 5.74) is 0.618. The Hall–Kier alpha value is 0.210. The van der Waals surface area contributed by atoms with Crippen molar-refractivity contribution in [1.82, 2.24) is 4.90 Å². The summed E-state index contributed by atoms with van der Waals surface area (Å²) < 4.78 is 6.19. The number of hydrogen-bond acceptors (Lipinski definition) is 2. The van der Waals surface area contributed by atoms with Gasteiger partial charge in [0.25, 0.3) is 0 Å². The first-order chi connectivity index (χ1) is 9.22. The predicted octanol–water partition coefficient (Wildman–Crippen LogP) is 3.73. The molecule has 4 aliphatic carbocycles. The lowest BCUT2D eigenvalue weighted by Gasteiger charge is -2.56. The molecule has 5 aliphatic rings. The van der Waals surface area contributed by atoms with E-state index in [9.17, 15) is 0 Å². The van der Waals surface area contributed by atoms with Crippen LogP contribution < -0.4 is 0 Å². The molecule has 5 fully saturated rings. The van der Waals surface area contributed by atoms with Gasteiger partial charge >= 0.3 is 0 Å². The van der Waals surface area contributed by atoms with Gasteiger partial charge in [-0.2, -0.15) is 0 Å². The smallest absolute Gasteiger partial charge is 0.0974 e. The molecule has 1 heterocycles. The highest BCUT2D eigenvalue weighted by Crippen LogP contribution is 2.64. The van der Waals surface area contributed by atoms with Crippen molar-refractivity contribution >= 4 is 12.4 Å². The average Bonchev–Trinajstić information content (AvgIpc) is 3.14. The van der Waals surface area contributed by atoms with Crippen LogP contribution in [0.5, 0.6) is 0 Å². The van der Waals surface area contributed by atoms with Crippen molar-refractivity contribution in [2.24, 2.45) is 23.2 Å². The third-order valence-electron chi connectivity index (χ3n) is 6.60. The molecule has 5 rings (SSSR count). The van der Waals surface area contributed by atoms with Crippen LogP contribution in [0.2, 0.25) is 0 Å². The Balaban J connectivity index is 0.00000121. The van der Waals surface area contributed by atoms with Crippen molar-refractivity contribution in [2.75, 3.05) is 19.6 Å². The van der Waals surface area contributed by atoms with Crippen LogP contribution in [0.25, 0.3) is 0 Å². The molecule has 2 nitrogen and oxygen atoms in total. The molecule has 0 N–H and O–H groups in total. The molecule has 2 atom stereocenters. The molecule has 0 aromatic heterocycles. The van der Waals surface area contributed by atoms with Crippen LogP contribution in [-0.2, 0) is 4.74 Å². The Kier molecular flexibility index (Phi) is 4.11. The topological polar surface area (TPSA) is 15.8 Å². The normalized spacial score (nSPS) is 48.5. The average molecular weight is 300 g/mol. The molecule has 1 aliphatic heterocycles. The molecule has 0 aromatic rings. The zero-order chi connectivity index (χ0) is 13.0. The van der Waals surface area contributed by atoms with Crippen molar-refractivity contribution in [1.29, 1.82) is 0 Å². The molecular weight excluding hydrogens is 270 g/mol. The van der Waals surface area contributed by atoms with Crippen LogP contribution in [0, 0.1) is 23.2 Å². The maximum Gasteiger partial charge on any atom is 0.0974 e. The van der Waals surface area contributed by atoms with Gasteiger partial charge in [0, 0.05) is 6.54 Å². The van der Waals surface area contributed by atoms with E-state index in [0.717, 1.165) is 17.8 Å². The molecule has 4 saturated carbocycles. The molecule has 4 bridgehead atoms. The molecule has 0 aromatic carbocycles. The van der Waals surface area contributed by atoms with Crippen molar-refractivity contribution in [3.8, 4) is 0 Å². The number of epoxide rings is 1. The maximum atomic E-state index is 6.19. The SMILES string of the molecule is CCN(CC)C[C@H]1O[C@@H]1C12CC3CC(CC(C3)C1)C2.Cl. The Labute approximate surface area is 130 Å². The van der Waals surface area contributed by atoms with E-state index in [1.165, 1.54) is 38.9 Å². The second-order valence-electron chi connectivity index (χ2n) is 7.86. The molecule has 0 radical (unpaired) electrons. The Morgan fingerprint density at radius 2 is 1.45 bits per heavy atom. The summed E-state index contributed by atoms with van der Waals surface area (Å²) in [6.45, 7) is 8.06. The summed E-state index contributed by atoms with van der Waals surface area (Å²) in [6, 6.07) is 0. The van der Waals surface area contributed by atoms with Gasteiger partial charge in [-0.1, -0.05) is 13.8 Å². The van der Waals surface area contributed by atoms with Crippen molar-refractivity contribution in [3.63, 3.8) is 0 Å². The van der Waals surface area contributed by atoms with Gasteiger partial charge in [-0.15, -0.1) is 12.4 Å². The van der Waals surface area contributed by atoms with Gasteiger partial charge in [-0.05, 0) is 74.8 Å². The number of rotatable bonds is 5. The fraction of sp³-hybridized carbons (Fsp3) is 1.00. The lowest BCUT2D eigenvalue weighted by Crippen LogP contribution is -2.49. The number of ether oxygens (including phenoxy) is 1. The second-order valence-corrected chi connectivity index (χ2v) is 7.86. The van der Waals surface area contributed by atoms with Gasteiger partial charge in [-0.25, -0.2) is 0 Å². The Bertz CT molecular complexity index is 320. The van der Waals surface area contributed by atoms with E-state index < -0.39 is 0 Å². The van der Waals surface area contributed by atoms with E-state index in [1.807, 2.05) is 0 Å². The number of hydrogen-bond donors (Lipinski definition) is 0. The Morgan fingerprint density at radius 1 is 0.950 bits per heavy atom. The minimum Gasteiger partial charge on any atom is -0.368 e. The van der Waals surface area contributed by atoms with Gasteiger partial charge in [0.1, 0.15) is 0 Å². The summed E-state index contributed by atoms with van der Waals surface area (Å²) in [7, 11) is 0. The van der Waals surface area contributed by atoms with Crippen LogP contribution in [-0.4, -0.2) is 36.7 Å². The molecule has 1 saturated heterocycles. The summed E-state index contributed by atoms with van der Waals surface area (Å²) in [5.74, 6) is 3.18. The zero-order valence-electron chi connectivity index (χ0n) is 13.0. The molecule has 0 spiro atoms. The molecule has 3 heteroatoms. The van der Waals surface area contributed by atoms with Gasteiger partial charge in [0.15, 0.2) is 0 Å². The van der Waals surface area contributed by atoms with E-state index in [4.69, 9.17) is 4.74 Å². The molecule has 0 unspecified atom stereocenters. The van der Waals surface area contributed by atoms with E-state index in [-0.39, 0.29) is 12.4 Å². The first-order valence-electron chi connectivity index (χ1n) is 8.60. The highest BCUT2D eigenvalue weighted by molar-refractivity contribution is 5.85. The third-order valence-corrected chi connectivity index (χ3v) is 6.60. The van der Waals surface area contributed by atoms with Gasteiger partial charge in [-0.3, -0.25) is 0 Å². The van der Waals surface area contributed by atoms with Gasteiger partial charge in [0.05, 0.1) is 12.2 Å². The first-order valence-corrected chi connectivity index (χ1v) is 8.60. The number of nitrogens with zero attached hydrogens (tertiary/aromatic N) is 1. The maximum absolute atomic E-state index is 6.19. The number of likely N-dealkylation sites (N-methyl/N-ethyl adjacent to an activating group) is 1. The van der Waals surface area contributed by atoms with Crippen LogP contribution in [0.3, 0.4) is 0 Å². The largest absolute Gasteiger partial charge is 0.368 e. The molecule has 0 amide bonds. The first kappa shape index (κ1) is 15.1. The van der Waals surface area contributed by atoms with E-state index in [0.29, 0.717) is 17.6 Å². The monoisotopic (exact) mass is 299 g/mol. The van der Waals surface area contributed by atoms with E-state index >= 15 is 0 Å². The predicted molar refractivity (Wildman–Crippen MR) is 84.3 cm³/mol. The lowest BCUT2D eigenvalue weighted by atomic mass is 9.48. The van der Waals surface area contributed by atoms with Crippen molar-refractivity contribution < 1.29 is 4.74 Å². The van der Waals surface area contributed by atoms with Crippen LogP contribution in [0.15, 0.2) is 0 Å². The fourth-order valence-corrected chi connectivity index (χ4v) is 6.08. The van der Waals surface area contributed by atoms with Crippen LogP contribution >= 0.6 is 12.4 Å². The summed E-state index contributed by atoms with van der Waals surface area (Å²) in [4.78, 5) is 2.53. The van der Waals surface area contributed by atoms with Crippen LogP contribution in [0.1, 0.15) is 52.4 Å². The third kappa shape index (κ3) is 2.42. The Morgan fingerprint density at radius 3 is 1.90 bits per heavy atom. The fourth-order valence-electron chi connectivity index (χ4n) is 6.08. The summed E-state index contributed by atoms with van der Waals surface area (Å²) >= 11 is 0.